The Morgan fingerprint density at radius 3 is 2.95 bits per heavy atom. The van der Waals surface area contributed by atoms with E-state index in [0.717, 1.165) is 28.2 Å². The molecule has 1 aromatic carbocycles. The molecule has 0 bridgehead atoms. The largest absolute Gasteiger partial charge is 0.325 e. The third-order valence-corrected chi connectivity index (χ3v) is 4.76. The lowest BCUT2D eigenvalue weighted by Crippen LogP contribution is -2.10. The molecule has 0 saturated heterocycles. The number of aryl methyl sites for hydroxylation is 1. The first-order valence-electron chi connectivity index (χ1n) is 6.91. The summed E-state index contributed by atoms with van der Waals surface area (Å²) in [7, 11) is 0. The molecule has 0 spiro atoms. The number of imidazole rings is 1. The number of rotatable bonds is 3. The van der Waals surface area contributed by atoms with E-state index in [-0.39, 0.29) is 0 Å². The van der Waals surface area contributed by atoms with Crippen molar-refractivity contribution in [1.82, 2.24) is 9.55 Å². The van der Waals surface area contributed by atoms with Gasteiger partial charge in [0.25, 0.3) is 0 Å². The third-order valence-electron chi connectivity index (χ3n) is 4.07. The van der Waals surface area contributed by atoms with Gasteiger partial charge in [-0.3, -0.25) is 0 Å². The molecule has 3 rings (SSSR count). The highest BCUT2D eigenvalue weighted by molar-refractivity contribution is 9.10. The molecule has 2 unspecified atom stereocenters. The first-order valence-corrected chi connectivity index (χ1v) is 8.24. The summed E-state index contributed by atoms with van der Waals surface area (Å²) in [5.41, 5.74) is 2.33. The Kier molecular flexibility index (Phi) is 3.86. The van der Waals surface area contributed by atoms with E-state index in [1.165, 1.54) is 24.8 Å². The van der Waals surface area contributed by atoms with E-state index in [1.807, 2.05) is 0 Å². The van der Waals surface area contributed by atoms with Crippen LogP contribution in [0.5, 0.6) is 0 Å². The number of aromatic nitrogens is 2. The summed E-state index contributed by atoms with van der Waals surface area (Å²) < 4.78 is 3.55. The minimum absolute atomic E-state index is 0.590. The Bertz CT molecular complexity index is 593. The van der Waals surface area contributed by atoms with Crippen LogP contribution in [0.3, 0.4) is 0 Å². The van der Waals surface area contributed by atoms with Crippen molar-refractivity contribution in [2.45, 2.75) is 38.6 Å². The lowest BCUT2D eigenvalue weighted by Gasteiger charge is -2.16. The van der Waals surface area contributed by atoms with Crippen LogP contribution in [-0.4, -0.2) is 15.4 Å². The molecular formula is C15H18BrClN2. The summed E-state index contributed by atoms with van der Waals surface area (Å²) in [5, 5.41) is 0. The standard InChI is InChI=1S/C15H18BrClN2/c1-10-2-4-12(8-10)19-14-9-11(16)3-5-13(14)18-15(19)6-7-17/h3,5,9-10,12H,2,4,6-8H2,1H3. The summed E-state index contributed by atoms with van der Waals surface area (Å²) in [6, 6.07) is 6.92. The van der Waals surface area contributed by atoms with Gasteiger partial charge in [0.05, 0.1) is 11.0 Å². The van der Waals surface area contributed by atoms with E-state index in [2.05, 4.69) is 45.6 Å². The Labute approximate surface area is 127 Å². The zero-order valence-electron chi connectivity index (χ0n) is 11.1. The van der Waals surface area contributed by atoms with Crippen LogP contribution in [0.15, 0.2) is 22.7 Å². The second-order valence-corrected chi connectivity index (χ2v) is 6.84. The number of fused-ring (bicyclic) bond motifs is 1. The first-order chi connectivity index (χ1) is 9.19. The fourth-order valence-corrected chi connectivity index (χ4v) is 3.71. The van der Waals surface area contributed by atoms with Gasteiger partial charge in [-0.15, -0.1) is 11.6 Å². The zero-order chi connectivity index (χ0) is 13.4. The maximum absolute atomic E-state index is 5.94. The van der Waals surface area contributed by atoms with Crippen molar-refractivity contribution in [3.63, 3.8) is 0 Å². The van der Waals surface area contributed by atoms with Crippen LogP contribution < -0.4 is 0 Å². The highest BCUT2D eigenvalue weighted by Crippen LogP contribution is 2.37. The topological polar surface area (TPSA) is 17.8 Å². The molecule has 2 atom stereocenters. The minimum atomic E-state index is 0.590. The van der Waals surface area contributed by atoms with E-state index in [1.54, 1.807) is 0 Å². The lowest BCUT2D eigenvalue weighted by atomic mass is 10.1. The lowest BCUT2D eigenvalue weighted by molar-refractivity contribution is 0.490. The molecule has 1 saturated carbocycles. The van der Waals surface area contributed by atoms with E-state index >= 15 is 0 Å². The molecule has 1 aliphatic carbocycles. The zero-order valence-corrected chi connectivity index (χ0v) is 13.4. The molecule has 2 nitrogen and oxygen atoms in total. The second kappa shape index (κ2) is 5.45. The number of nitrogens with zero attached hydrogens (tertiary/aromatic N) is 2. The van der Waals surface area contributed by atoms with Crippen LogP contribution in [0.25, 0.3) is 11.0 Å². The van der Waals surface area contributed by atoms with Gasteiger partial charge in [0, 0.05) is 22.8 Å². The van der Waals surface area contributed by atoms with E-state index < -0.39 is 0 Å². The number of halogens is 2. The monoisotopic (exact) mass is 340 g/mol. The van der Waals surface area contributed by atoms with E-state index in [9.17, 15) is 0 Å². The fourth-order valence-electron chi connectivity index (χ4n) is 3.20. The second-order valence-electron chi connectivity index (χ2n) is 5.54. The van der Waals surface area contributed by atoms with Crippen molar-refractivity contribution in [3.8, 4) is 0 Å². The maximum Gasteiger partial charge on any atom is 0.111 e. The molecular weight excluding hydrogens is 324 g/mol. The molecule has 0 amide bonds. The van der Waals surface area contributed by atoms with Gasteiger partial charge in [-0.2, -0.15) is 0 Å². The molecule has 0 radical (unpaired) electrons. The normalized spacial score (nSPS) is 23.3. The minimum Gasteiger partial charge on any atom is -0.325 e. The van der Waals surface area contributed by atoms with Gasteiger partial charge in [-0.05, 0) is 43.4 Å². The summed E-state index contributed by atoms with van der Waals surface area (Å²) in [6.45, 7) is 2.34. The Morgan fingerprint density at radius 2 is 2.26 bits per heavy atom. The van der Waals surface area contributed by atoms with Gasteiger partial charge in [-0.25, -0.2) is 4.98 Å². The van der Waals surface area contributed by atoms with E-state index in [4.69, 9.17) is 16.6 Å². The van der Waals surface area contributed by atoms with Gasteiger partial charge in [-0.1, -0.05) is 22.9 Å². The van der Waals surface area contributed by atoms with Gasteiger partial charge in [0.2, 0.25) is 0 Å². The molecule has 1 heterocycles. The molecule has 102 valence electrons. The molecule has 4 heteroatoms. The maximum atomic E-state index is 5.94. The number of benzene rings is 1. The number of alkyl halides is 1. The summed E-state index contributed by atoms with van der Waals surface area (Å²) in [5.74, 6) is 2.59. The SMILES string of the molecule is CC1CCC(n2c(CCCl)nc3ccc(Br)cc32)C1. The smallest absolute Gasteiger partial charge is 0.111 e. The Hall–Kier alpha value is -0.540. The quantitative estimate of drug-likeness (QED) is 0.723. The van der Waals surface area contributed by atoms with Crippen LogP contribution in [-0.2, 0) is 6.42 Å². The molecule has 0 N–H and O–H groups in total. The van der Waals surface area contributed by atoms with Crippen molar-refractivity contribution < 1.29 is 0 Å². The van der Waals surface area contributed by atoms with Crippen molar-refractivity contribution in [3.05, 3.63) is 28.5 Å². The van der Waals surface area contributed by atoms with Gasteiger partial charge < -0.3 is 4.57 Å². The molecule has 1 fully saturated rings. The van der Waals surface area contributed by atoms with Gasteiger partial charge >= 0.3 is 0 Å². The predicted octanol–water partition coefficient (Wildman–Crippen LogP) is 4.94. The average Bonchev–Trinajstić information content (AvgIpc) is 2.93. The van der Waals surface area contributed by atoms with Crippen molar-refractivity contribution in [2.24, 2.45) is 5.92 Å². The highest BCUT2D eigenvalue weighted by Gasteiger charge is 2.26. The van der Waals surface area contributed by atoms with Crippen LogP contribution in [0, 0.1) is 5.92 Å². The van der Waals surface area contributed by atoms with Gasteiger partial charge in [0.1, 0.15) is 5.82 Å². The van der Waals surface area contributed by atoms with E-state index in [0.29, 0.717) is 11.9 Å². The van der Waals surface area contributed by atoms with Crippen LogP contribution in [0.4, 0.5) is 0 Å². The van der Waals surface area contributed by atoms with Crippen molar-refractivity contribution >= 4 is 38.6 Å². The first kappa shape index (κ1) is 13.4. The summed E-state index contributed by atoms with van der Waals surface area (Å²) in [4.78, 5) is 4.77. The fraction of sp³-hybridized carbons (Fsp3) is 0.533. The Morgan fingerprint density at radius 1 is 1.42 bits per heavy atom. The third kappa shape index (κ3) is 2.55. The molecule has 2 aromatic rings. The molecule has 1 aromatic heterocycles. The van der Waals surface area contributed by atoms with Crippen molar-refractivity contribution in [2.75, 3.05) is 5.88 Å². The molecule has 1 aliphatic rings. The average molecular weight is 342 g/mol. The van der Waals surface area contributed by atoms with Crippen LogP contribution in [0.2, 0.25) is 0 Å². The van der Waals surface area contributed by atoms with Crippen LogP contribution >= 0.6 is 27.5 Å². The predicted molar refractivity (Wildman–Crippen MR) is 83.9 cm³/mol. The number of hydrogen-bond acceptors (Lipinski definition) is 1. The van der Waals surface area contributed by atoms with Crippen molar-refractivity contribution in [1.29, 1.82) is 0 Å². The molecule has 0 aliphatic heterocycles. The summed E-state index contributed by atoms with van der Waals surface area (Å²) in [6.07, 6.45) is 4.68. The Balaban J connectivity index is 2.12. The van der Waals surface area contributed by atoms with Crippen LogP contribution in [0.1, 0.15) is 38.1 Å². The van der Waals surface area contributed by atoms with Gasteiger partial charge in [0.15, 0.2) is 0 Å². The number of hydrogen-bond donors (Lipinski definition) is 0. The molecule has 19 heavy (non-hydrogen) atoms. The highest BCUT2D eigenvalue weighted by atomic mass is 79.9. The summed E-state index contributed by atoms with van der Waals surface area (Å²) >= 11 is 9.51.